The van der Waals surface area contributed by atoms with Crippen LogP contribution < -0.4 is 0 Å². The zero-order chi connectivity index (χ0) is 25.9. The molecule has 0 spiro atoms. The van der Waals surface area contributed by atoms with Crippen LogP contribution in [0.3, 0.4) is 0 Å². The van der Waals surface area contributed by atoms with E-state index in [2.05, 4.69) is 55.5 Å². The van der Waals surface area contributed by atoms with Crippen molar-refractivity contribution in [2.24, 2.45) is 0 Å². The molecule has 4 aromatic rings. The van der Waals surface area contributed by atoms with E-state index in [-0.39, 0.29) is 0 Å². The van der Waals surface area contributed by atoms with Gasteiger partial charge < -0.3 is 5.11 Å². The van der Waals surface area contributed by atoms with Crippen LogP contribution in [0.2, 0.25) is 0 Å². The second kappa shape index (κ2) is 14.7. The molecule has 0 radical (unpaired) electrons. The van der Waals surface area contributed by atoms with Crippen molar-refractivity contribution in [2.45, 2.75) is 129 Å². The molecule has 0 bridgehead atoms. The van der Waals surface area contributed by atoms with Gasteiger partial charge >= 0.3 is 0 Å². The fraction of sp³-hybridized carbons (Fsp3) is 0.556. The fourth-order valence-electron chi connectivity index (χ4n) is 6.33. The molecule has 0 aliphatic carbocycles. The largest absolute Gasteiger partial charge is 0.389 e. The first-order valence-electron chi connectivity index (χ1n) is 15.6. The molecule has 0 aromatic heterocycles. The predicted molar refractivity (Wildman–Crippen MR) is 164 cm³/mol. The minimum atomic E-state index is -0.450. The number of hydrogen-bond donors (Lipinski definition) is 1. The van der Waals surface area contributed by atoms with Crippen LogP contribution >= 0.6 is 0 Å². The minimum Gasteiger partial charge on any atom is -0.389 e. The van der Waals surface area contributed by atoms with E-state index in [0.717, 1.165) is 12.0 Å². The Morgan fingerprint density at radius 1 is 0.514 bits per heavy atom. The second-order valence-corrected chi connectivity index (χ2v) is 11.5. The summed E-state index contributed by atoms with van der Waals surface area (Å²) in [5.74, 6) is 0. The first-order chi connectivity index (χ1) is 18.2. The summed E-state index contributed by atoms with van der Waals surface area (Å²) in [6, 6.07) is 17.9. The summed E-state index contributed by atoms with van der Waals surface area (Å²) in [4.78, 5) is 0. The van der Waals surface area contributed by atoms with E-state index < -0.39 is 6.10 Å². The molecule has 0 heterocycles. The molecule has 37 heavy (non-hydrogen) atoms. The van der Waals surface area contributed by atoms with Gasteiger partial charge in [-0.1, -0.05) is 152 Å². The van der Waals surface area contributed by atoms with Crippen LogP contribution in [0.1, 0.15) is 134 Å². The highest BCUT2D eigenvalue weighted by Crippen LogP contribution is 2.39. The molecule has 1 heteroatoms. The predicted octanol–water partition coefficient (Wildman–Crippen LogP) is 11.4. The highest BCUT2D eigenvalue weighted by molar-refractivity contribution is 6.24. The standard InChI is InChI=1S/C36H50O/c1-3-4-5-6-7-8-9-10-11-12-13-14-15-16-17-18-19-29-20-21-30-24-27-34-32(28(2)37)25-22-31-23-26-33(29)35(30)36(31)34/h20-28,37H,3-19H2,1-2H3/t28-/m0/s1. The third kappa shape index (κ3) is 7.47. The summed E-state index contributed by atoms with van der Waals surface area (Å²) in [5, 5.41) is 18.2. The number of aliphatic hydroxyl groups excluding tert-OH is 1. The highest BCUT2D eigenvalue weighted by atomic mass is 16.3. The van der Waals surface area contributed by atoms with Gasteiger partial charge in [0.15, 0.2) is 0 Å². The van der Waals surface area contributed by atoms with Crippen molar-refractivity contribution in [3.8, 4) is 0 Å². The average Bonchev–Trinajstić information content (AvgIpc) is 2.91. The van der Waals surface area contributed by atoms with E-state index in [1.165, 1.54) is 141 Å². The summed E-state index contributed by atoms with van der Waals surface area (Å²) in [6.07, 6.45) is 23.3. The van der Waals surface area contributed by atoms with E-state index >= 15 is 0 Å². The van der Waals surface area contributed by atoms with Crippen LogP contribution in [0.5, 0.6) is 0 Å². The lowest BCUT2D eigenvalue weighted by atomic mass is 9.88. The number of benzene rings is 4. The first kappa shape index (κ1) is 27.9. The van der Waals surface area contributed by atoms with Crippen LogP contribution in [-0.4, -0.2) is 5.11 Å². The number of rotatable bonds is 18. The summed E-state index contributed by atoms with van der Waals surface area (Å²) in [6.45, 7) is 4.17. The Hall–Kier alpha value is -2.12. The zero-order valence-corrected chi connectivity index (χ0v) is 23.7. The van der Waals surface area contributed by atoms with Gasteiger partial charge in [0.05, 0.1) is 6.10 Å². The Labute approximate surface area is 226 Å². The smallest absolute Gasteiger partial charge is 0.0767 e. The number of aryl methyl sites for hydroxylation is 1. The molecule has 1 atom stereocenters. The quantitative estimate of drug-likeness (QED) is 0.107. The summed E-state index contributed by atoms with van der Waals surface area (Å²) in [7, 11) is 0. The molecule has 0 saturated carbocycles. The highest BCUT2D eigenvalue weighted by Gasteiger charge is 2.14. The van der Waals surface area contributed by atoms with Gasteiger partial charge in [-0.15, -0.1) is 0 Å². The maximum absolute atomic E-state index is 10.3. The van der Waals surface area contributed by atoms with Crippen LogP contribution in [-0.2, 0) is 6.42 Å². The lowest BCUT2D eigenvalue weighted by Gasteiger charge is -2.17. The number of unbranched alkanes of at least 4 members (excludes halogenated alkanes) is 15. The summed E-state index contributed by atoms with van der Waals surface area (Å²) >= 11 is 0. The molecule has 1 N–H and O–H groups in total. The van der Waals surface area contributed by atoms with E-state index in [1.807, 2.05) is 6.92 Å². The van der Waals surface area contributed by atoms with Gasteiger partial charge in [0.25, 0.3) is 0 Å². The van der Waals surface area contributed by atoms with Gasteiger partial charge in [-0.3, -0.25) is 0 Å². The Morgan fingerprint density at radius 3 is 1.49 bits per heavy atom. The van der Waals surface area contributed by atoms with Gasteiger partial charge in [0.1, 0.15) is 0 Å². The summed E-state index contributed by atoms with van der Waals surface area (Å²) in [5.41, 5.74) is 2.51. The normalized spacial score (nSPS) is 12.8. The van der Waals surface area contributed by atoms with Gasteiger partial charge in [0.2, 0.25) is 0 Å². The monoisotopic (exact) mass is 498 g/mol. The van der Waals surface area contributed by atoms with Crippen molar-refractivity contribution in [1.82, 2.24) is 0 Å². The molecule has 0 aliphatic heterocycles. The van der Waals surface area contributed by atoms with Gasteiger partial charge in [-0.25, -0.2) is 0 Å². The van der Waals surface area contributed by atoms with Crippen LogP contribution in [0.15, 0.2) is 48.5 Å². The third-order valence-electron chi connectivity index (χ3n) is 8.54. The minimum absolute atomic E-state index is 0.450. The number of hydrogen-bond acceptors (Lipinski definition) is 1. The molecule has 4 rings (SSSR count). The second-order valence-electron chi connectivity index (χ2n) is 11.5. The van der Waals surface area contributed by atoms with Gasteiger partial charge in [0, 0.05) is 0 Å². The molecule has 0 aliphatic rings. The van der Waals surface area contributed by atoms with Crippen LogP contribution in [0, 0.1) is 0 Å². The van der Waals surface area contributed by atoms with E-state index in [9.17, 15) is 5.11 Å². The Morgan fingerprint density at radius 2 is 0.946 bits per heavy atom. The van der Waals surface area contributed by atoms with Crippen molar-refractivity contribution < 1.29 is 5.11 Å². The van der Waals surface area contributed by atoms with Crippen molar-refractivity contribution in [1.29, 1.82) is 0 Å². The Bertz CT molecular complexity index is 1200. The van der Waals surface area contributed by atoms with Gasteiger partial charge in [-0.2, -0.15) is 0 Å². The third-order valence-corrected chi connectivity index (χ3v) is 8.54. The zero-order valence-electron chi connectivity index (χ0n) is 23.7. The van der Waals surface area contributed by atoms with Crippen molar-refractivity contribution >= 4 is 32.3 Å². The van der Waals surface area contributed by atoms with Crippen LogP contribution in [0.25, 0.3) is 32.3 Å². The van der Waals surface area contributed by atoms with E-state index in [4.69, 9.17) is 0 Å². The number of aliphatic hydroxyl groups is 1. The molecule has 1 nitrogen and oxygen atoms in total. The van der Waals surface area contributed by atoms with Crippen LogP contribution in [0.4, 0.5) is 0 Å². The molecule has 4 aromatic carbocycles. The van der Waals surface area contributed by atoms with Crippen molar-refractivity contribution in [3.63, 3.8) is 0 Å². The summed E-state index contributed by atoms with van der Waals surface area (Å²) < 4.78 is 0. The van der Waals surface area contributed by atoms with Crippen molar-refractivity contribution in [2.75, 3.05) is 0 Å². The lowest BCUT2D eigenvalue weighted by Crippen LogP contribution is -1.95. The molecule has 0 saturated heterocycles. The average molecular weight is 499 g/mol. The molecule has 0 amide bonds. The Kier molecular flexibility index (Phi) is 11.1. The van der Waals surface area contributed by atoms with E-state index in [1.54, 1.807) is 0 Å². The topological polar surface area (TPSA) is 20.2 Å². The fourth-order valence-corrected chi connectivity index (χ4v) is 6.33. The molecular formula is C36H50O. The van der Waals surface area contributed by atoms with E-state index in [0.29, 0.717) is 0 Å². The van der Waals surface area contributed by atoms with Crippen molar-refractivity contribution in [3.05, 3.63) is 59.7 Å². The molecular weight excluding hydrogens is 448 g/mol. The SMILES string of the molecule is CCCCCCCCCCCCCCCCCCc1ccc2ccc3c([C@H](C)O)ccc4ccc1c2c43. The lowest BCUT2D eigenvalue weighted by molar-refractivity contribution is 0.201. The van der Waals surface area contributed by atoms with Gasteiger partial charge in [-0.05, 0) is 63.2 Å². The maximum atomic E-state index is 10.3. The molecule has 0 unspecified atom stereocenters. The molecule has 0 fully saturated rings. The first-order valence-corrected chi connectivity index (χ1v) is 15.6. The molecule has 200 valence electrons. The Balaban J connectivity index is 1.17. The maximum Gasteiger partial charge on any atom is 0.0767 e.